The number of anilines is 1. The molecule has 1 heterocycles. The van der Waals surface area contributed by atoms with Gasteiger partial charge in [0.15, 0.2) is 0 Å². The van der Waals surface area contributed by atoms with Gasteiger partial charge in [0.1, 0.15) is 10.8 Å². The van der Waals surface area contributed by atoms with Crippen molar-refractivity contribution in [1.29, 1.82) is 0 Å². The van der Waals surface area contributed by atoms with Gasteiger partial charge in [0.05, 0.1) is 10.2 Å². The van der Waals surface area contributed by atoms with Crippen molar-refractivity contribution in [1.82, 2.24) is 4.98 Å². The van der Waals surface area contributed by atoms with Crippen LogP contribution in [0.25, 0.3) is 20.8 Å². The summed E-state index contributed by atoms with van der Waals surface area (Å²) < 4.78 is 14.4. The number of thiazole rings is 1. The van der Waals surface area contributed by atoms with Crippen molar-refractivity contribution in [2.75, 3.05) is 5.32 Å². The largest absolute Gasteiger partial charge is 0.381 e. The highest BCUT2D eigenvalue weighted by molar-refractivity contribution is 7.21. The Kier molecular flexibility index (Phi) is 4.20. The number of hydrogen-bond donors (Lipinski definition) is 1. The van der Waals surface area contributed by atoms with E-state index in [1.165, 1.54) is 10.8 Å². The zero-order valence-electron chi connectivity index (χ0n) is 13.8. The fourth-order valence-corrected chi connectivity index (χ4v) is 3.77. The first kappa shape index (κ1) is 15.8. The van der Waals surface area contributed by atoms with E-state index < -0.39 is 0 Å². The SMILES string of the molecule is Cc1cc(F)ccc1CNc1cccc(-c2nc3ccccc3s2)c1. The Morgan fingerprint density at radius 2 is 1.88 bits per heavy atom. The molecule has 0 radical (unpaired) electrons. The summed E-state index contributed by atoms with van der Waals surface area (Å²) in [5.41, 5.74) is 5.20. The Hall–Kier alpha value is -2.72. The van der Waals surface area contributed by atoms with E-state index in [0.717, 1.165) is 32.9 Å². The first-order valence-electron chi connectivity index (χ1n) is 8.14. The van der Waals surface area contributed by atoms with Crippen LogP contribution in [0.4, 0.5) is 10.1 Å². The summed E-state index contributed by atoms with van der Waals surface area (Å²) >= 11 is 1.70. The molecule has 0 amide bonds. The molecule has 0 aliphatic carbocycles. The van der Waals surface area contributed by atoms with Gasteiger partial charge >= 0.3 is 0 Å². The monoisotopic (exact) mass is 348 g/mol. The van der Waals surface area contributed by atoms with Crippen LogP contribution >= 0.6 is 11.3 Å². The molecule has 4 rings (SSSR count). The summed E-state index contributed by atoms with van der Waals surface area (Å²) in [6.07, 6.45) is 0. The van der Waals surface area contributed by atoms with Gasteiger partial charge in [-0.05, 0) is 54.4 Å². The standard InChI is InChI=1S/C21H17FN2S/c1-14-11-17(22)10-9-16(14)13-23-18-6-4-5-15(12-18)21-24-19-7-2-3-8-20(19)25-21/h2-12,23H,13H2,1H3. The minimum absolute atomic E-state index is 0.195. The molecular weight excluding hydrogens is 331 g/mol. The van der Waals surface area contributed by atoms with Crippen LogP contribution in [-0.2, 0) is 6.54 Å². The molecule has 0 aliphatic rings. The molecule has 0 unspecified atom stereocenters. The molecule has 0 atom stereocenters. The molecule has 2 nitrogen and oxygen atoms in total. The average Bonchev–Trinajstić information content (AvgIpc) is 3.05. The van der Waals surface area contributed by atoms with E-state index in [2.05, 4.69) is 23.5 Å². The third-order valence-electron chi connectivity index (χ3n) is 4.19. The van der Waals surface area contributed by atoms with E-state index >= 15 is 0 Å². The molecule has 0 bridgehead atoms. The maximum absolute atomic E-state index is 13.2. The van der Waals surface area contributed by atoms with Crippen LogP contribution in [0.15, 0.2) is 66.7 Å². The lowest BCUT2D eigenvalue weighted by Gasteiger charge is -2.10. The van der Waals surface area contributed by atoms with Crippen molar-refractivity contribution < 1.29 is 4.39 Å². The molecule has 124 valence electrons. The van der Waals surface area contributed by atoms with Gasteiger partial charge < -0.3 is 5.32 Å². The highest BCUT2D eigenvalue weighted by Crippen LogP contribution is 2.31. The van der Waals surface area contributed by atoms with E-state index in [4.69, 9.17) is 4.98 Å². The molecular formula is C21H17FN2S. The number of aryl methyl sites for hydroxylation is 1. The van der Waals surface area contributed by atoms with Gasteiger partial charge in [-0.1, -0.05) is 30.3 Å². The third-order valence-corrected chi connectivity index (χ3v) is 5.28. The van der Waals surface area contributed by atoms with Gasteiger partial charge in [0.2, 0.25) is 0 Å². The van der Waals surface area contributed by atoms with Gasteiger partial charge in [0.25, 0.3) is 0 Å². The summed E-state index contributed by atoms with van der Waals surface area (Å²) in [5.74, 6) is -0.195. The van der Waals surface area contributed by atoms with Crippen molar-refractivity contribution in [3.05, 3.63) is 83.7 Å². The molecule has 0 spiro atoms. The van der Waals surface area contributed by atoms with E-state index in [1.807, 2.05) is 43.3 Å². The lowest BCUT2D eigenvalue weighted by atomic mass is 10.1. The van der Waals surface area contributed by atoms with Crippen molar-refractivity contribution in [2.24, 2.45) is 0 Å². The van der Waals surface area contributed by atoms with Gasteiger partial charge in [-0.3, -0.25) is 0 Å². The lowest BCUT2D eigenvalue weighted by Crippen LogP contribution is -2.01. The number of halogens is 1. The Morgan fingerprint density at radius 1 is 1.00 bits per heavy atom. The molecule has 0 aliphatic heterocycles. The summed E-state index contributed by atoms with van der Waals surface area (Å²) in [4.78, 5) is 4.72. The fourth-order valence-electron chi connectivity index (χ4n) is 2.81. The van der Waals surface area contributed by atoms with E-state index in [9.17, 15) is 4.39 Å². The molecule has 0 fully saturated rings. The first-order valence-corrected chi connectivity index (χ1v) is 8.95. The van der Waals surface area contributed by atoms with Crippen molar-refractivity contribution in [3.8, 4) is 10.6 Å². The highest BCUT2D eigenvalue weighted by atomic mass is 32.1. The number of hydrogen-bond acceptors (Lipinski definition) is 3. The molecule has 3 aromatic carbocycles. The van der Waals surface area contributed by atoms with Crippen LogP contribution in [0.1, 0.15) is 11.1 Å². The Labute approximate surface area is 150 Å². The van der Waals surface area contributed by atoms with Gasteiger partial charge in [-0.25, -0.2) is 9.37 Å². The maximum Gasteiger partial charge on any atom is 0.124 e. The van der Waals surface area contributed by atoms with E-state index in [1.54, 1.807) is 17.4 Å². The van der Waals surface area contributed by atoms with Crippen LogP contribution in [0.3, 0.4) is 0 Å². The minimum Gasteiger partial charge on any atom is -0.381 e. The molecule has 0 saturated carbocycles. The smallest absolute Gasteiger partial charge is 0.124 e. The second-order valence-electron chi connectivity index (χ2n) is 5.99. The molecule has 1 N–H and O–H groups in total. The zero-order chi connectivity index (χ0) is 17.2. The number of rotatable bonds is 4. The van der Waals surface area contributed by atoms with E-state index in [0.29, 0.717) is 6.54 Å². The Morgan fingerprint density at radius 3 is 2.72 bits per heavy atom. The number of nitrogens with one attached hydrogen (secondary N) is 1. The summed E-state index contributed by atoms with van der Waals surface area (Å²) in [7, 11) is 0. The summed E-state index contributed by atoms with van der Waals surface area (Å²) in [5, 5.41) is 4.44. The number of fused-ring (bicyclic) bond motifs is 1. The van der Waals surface area contributed by atoms with Crippen LogP contribution in [0.5, 0.6) is 0 Å². The maximum atomic E-state index is 13.2. The number of para-hydroxylation sites is 1. The van der Waals surface area contributed by atoms with Crippen molar-refractivity contribution in [3.63, 3.8) is 0 Å². The van der Waals surface area contributed by atoms with Crippen molar-refractivity contribution >= 4 is 27.2 Å². The van der Waals surface area contributed by atoms with Crippen LogP contribution in [-0.4, -0.2) is 4.98 Å². The quantitative estimate of drug-likeness (QED) is 0.487. The number of aromatic nitrogens is 1. The minimum atomic E-state index is -0.195. The normalized spacial score (nSPS) is 11.0. The predicted molar refractivity (Wildman–Crippen MR) is 104 cm³/mol. The average molecular weight is 348 g/mol. The van der Waals surface area contributed by atoms with Crippen LogP contribution in [0, 0.1) is 12.7 Å². The Bertz CT molecular complexity index is 1010. The predicted octanol–water partition coefficient (Wildman–Crippen LogP) is 6.02. The van der Waals surface area contributed by atoms with Gasteiger partial charge in [-0.15, -0.1) is 11.3 Å². The van der Waals surface area contributed by atoms with Gasteiger partial charge in [-0.2, -0.15) is 0 Å². The van der Waals surface area contributed by atoms with Crippen LogP contribution < -0.4 is 5.32 Å². The Balaban J connectivity index is 1.56. The van der Waals surface area contributed by atoms with Gasteiger partial charge in [0, 0.05) is 17.8 Å². The number of nitrogens with zero attached hydrogens (tertiary/aromatic N) is 1. The first-order chi connectivity index (χ1) is 12.2. The summed E-state index contributed by atoms with van der Waals surface area (Å²) in [6, 6.07) is 21.3. The molecule has 0 saturated heterocycles. The molecule has 4 heteroatoms. The summed E-state index contributed by atoms with van der Waals surface area (Å²) in [6.45, 7) is 2.59. The lowest BCUT2D eigenvalue weighted by molar-refractivity contribution is 0.625. The van der Waals surface area contributed by atoms with Crippen molar-refractivity contribution in [2.45, 2.75) is 13.5 Å². The zero-order valence-corrected chi connectivity index (χ0v) is 14.6. The number of benzene rings is 3. The topological polar surface area (TPSA) is 24.9 Å². The second kappa shape index (κ2) is 6.65. The molecule has 4 aromatic rings. The van der Waals surface area contributed by atoms with E-state index in [-0.39, 0.29) is 5.82 Å². The third kappa shape index (κ3) is 3.39. The second-order valence-corrected chi connectivity index (χ2v) is 7.02. The fraction of sp³-hybridized carbons (Fsp3) is 0.0952. The van der Waals surface area contributed by atoms with Crippen LogP contribution in [0.2, 0.25) is 0 Å². The highest BCUT2D eigenvalue weighted by Gasteiger charge is 2.07. The molecule has 1 aromatic heterocycles. The molecule has 25 heavy (non-hydrogen) atoms.